The van der Waals surface area contributed by atoms with Gasteiger partial charge in [0, 0.05) is 36.5 Å². The predicted octanol–water partition coefficient (Wildman–Crippen LogP) is 2.88. The molecule has 4 saturated carbocycles. The molecule has 9 atom stereocenters. The molecule has 0 radical (unpaired) electrons. The van der Waals surface area contributed by atoms with Gasteiger partial charge in [-0.15, -0.1) is 0 Å². The molecule has 6 fully saturated rings. The Morgan fingerprint density at radius 2 is 1.93 bits per heavy atom. The summed E-state index contributed by atoms with van der Waals surface area (Å²) in [4.78, 5) is 25.2. The van der Waals surface area contributed by atoms with E-state index in [2.05, 4.69) is 13.8 Å². The zero-order valence-corrected chi connectivity index (χ0v) is 17.1. The van der Waals surface area contributed by atoms with E-state index in [1.165, 1.54) is 6.92 Å². The van der Waals surface area contributed by atoms with Gasteiger partial charge in [-0.3, -0.25) is 9.59 Å². The standard InChI is InChI=1S/C22H32O5/c1-11(23)26-16-7-15(25)21(5)17(19(16,2)3)13(24)9-22-8-12-6-14(18(21)22)27-20(12,4)10-22/h12,14-18,25H,6-10H2,1-5H3/t12-,14+,15+,16+,17-,18?,20+,21-,22-/m1/s1. The third-order valence-corrected chi connectivity index (χ3v) is 9.37. The molecule has 1 unspecified atom stereocenters. The highest BCUT2D eigenvalue weighted by atomic mass is 16.5. The van der Waals surface area contributed by atoms with E-state index in [0.29, 0.717) is 18.8 Å². The molecule has 5 heteroatoms. The van der Waals surface area contributed by atoms with Gasteiger partial charge in [0.05, 0.1) is 17.8 Å². The van der Waals surface area contributed by atoms with Gasteiger partial charge >= 0.3 is 5.97 Å². The van der Waals surface area contributed by atoms with Crippen molar-refractivity contribution in [3.63, 3.8) is 0 Å². The summed E-state index contributed by atoms with van der Waals surface area (Å²) in [6.45, 7) is 9.82. The second-order valence-electron chi connectivity index (χ2n) is 11.2. The zero-order valence-electron chi connectivity index (χ0n) is 17.1. The number of fused-ring (bicyclic) bond motifs is 1. The number of carbonyl (C=O) groups excluding carboxylic acids is 2. The molecule has 0 aromatic carbocycles. The molecule has 2 aliphatic heterocycles. The smallest absolute Gasteiger partial charge is 0.302 e. The van der Waals surface area contributed by atoms with Crippen molar-refractivity contribution in [2.24, 2.45) is 34.0 Å². The molecular formula is C22H32O5. The minimum atomic E-state index is -0.668. The van der Waals surface area contributed by atoms with Crippen LogP contribution >= 0.6 is 0 Å². The maximum Gasteiger partial charge on any atom is 0.302 e. The fraction of sp³-hybridized carbons (Fsp3) is 0.909. The van der Waals surface area contributed by atoms with E-state index in [1.807, 2.05) is 13.8 Å². The van der Waals surface area contributed by atoms with E-state index in [0.717, 1.165) is 19.3 Å². The summed E-state index contributed by atoms with van der Waals surface area (Å²) in [5, 5.41) is 11.4. The lowest BCUT2D eigenvalue weighted by molar-refractivity contribution is -0.261. The van der Waals surface area contributed by atoms with Gasteiger partial charge in [0.2, 0.25) is 0 Å². The minimum absolute atomic E-state index is 0.0196. The second-order valence-corrected chi connectivity index (χ2v) is 11.2. The van der Waals surface area contributed by atoms with Crippen LogP contribution in [-0.4, -0.2) is 40.8 Å². The fourth-order valence-corrected chi connectivity index (χ4v) is 8.85. The number of hydrogen-bond acceptors (Lipinski definition) is 5. The number of rotatable bonds is 1. The van der Waals surface area contributed by atoms with Crippen molar-refractivity contribution in [1.82, 2.24) is 0 Å². The Balaban J connectivity index is 1.61. The van der Waals surface area contributed by atoms with Gasteiger partial charge in [-0.2, -0.15) is 0 Å². The molecule has 1 spiro atoms. The molecule has 6 aliphatic rings. The van der Waals surface area contributed by atoms with E-state index in [-0.39, 0.29) is 40.7 Å². The lowest BCUT2D eigenvalue weighted by atomic mass is 9.39. The molecule has 150 valence electrons. The van der Waals surface area contributed by atoms with E-state index in [9.17, 15) is 14.7 Å². The van der Waals surface area contributed by atoms with Crippen LogP contribution in [0.5, 0.6) is 0 Å². The van der Waals surface area contributed by atoms with Gasteiger partial charge in [0.25, 0.3) is 0 Å². The first-order valence-corrected chi connectivity index (χ1v) is 10.5. The van der Waals surface area contributed by atoms with Crippen LogP contribution in [0.3, 0.4) is 0 Å². The van der Waals surface area contributed by atoms with Crippen molar-refractivity contribution in [3.8, 4) is 0 Å². The van der Waals surface area contributed by atoms with Crippen molar-refractivity contribution in [1.29, 1.82) is 0 Å². The number of hydrogen-bond donors (Lipinski definition) is 1. The molecule has 5 nitrogen and oxygen atoms in total. The molecule has 27 heavy (non-hydrogen) atoms. The molecule has 2 saturated heterocycles. The van der Waals surface area contributed by atoms with Crippen molar-refractivity contribution in [3.05, 3.63) is 0 Å². The summed E-state index contributed by atoms with van der Waals surface area (Å²) in [7, 11) is 0. The highest BCUT2D eigenvalue weighted by molar-refractivity contribution is 5.85. The third kappa shape index (κ3) is 1.98. The number of aliphatic hydroxyl groups is 1. The van der Waals surface area contributed by atoms with Gasteiger partial charge in [-0.1, -0.05) is 20.8 Å². The molecule has 1 N–H and O–H groups in total. The Hall–Kier alpha value is -0.940. The normalized spacial score (nSPS) is 57.3. The Bertz CT molecular complexity index is 730. The number of Topliss-reactive ketones (excluding diaryl/α,β-unsaturated/α-hetero) is 1. The van der Waals surface area contributed by atoms with Crippen LogP contribution in [0, 0.1) is 34.0 Å². The van der Waals surface area contributed by atoms with Gasteiger partial charge in [-0.25, -0.2) is 0 Å². The van der Waals surface area contributed by atoms with E-state index in [4.69, 9.17) is 9.47 Å². The number of ether oxygens (including phenoxy) is 2. The van der Waals surface area contributed by atoms with Crippen molar-refractivity contribution in [2.45, 2.75) is 90.6 Å². The average Bonchev–Trinajstić information content (AvgIpc) is 2.85. The summed E-state index contributed by atoms with van der Waals surface area (Å²) in [5.41, 5.74) is -1.13. The Kier molecular flexibility index (Phi) is 3.33. The van der Waals surface area contributed by atoms with Crippen LogP contribution in [0.2, 0.25) is 0 Å². The highest BCUT2D eigenvalue weighted by Crippen LogP contribution is 2.76. The molecule has 2 heterocycles. The van der Waals surface area contributed by atoms with Crippen LogP contribution in [0.1, 0.15) is 66.7 Å². The van der Waals surface area contributed by atoms with Gasteiger partial charge in [-0.05, 0) is 43.4 Å². The molecule has 4 aliphatic carbocycles. The number of carbonyl (C=O) groups is 2. The lowest BCUT2D eigenvalue weighted by Crippen LogP contribution is -2.70. The van der Waals surface area contributed by atoms with Crippen LogP contribution in [-0.2, 0) is 19.1 Å². The van der Waals surface area contributed by atoms with Crippen molar-refractivity contribution >= 4 is 11.8 Å². The van der Waals surface area contributed by atoms with Crippen LogP contribution in [0.25, 0.3) is 0 Å². The Morgan fingerprint density at radius 3 is 2.56 bits per heavy atom. The summed E-state index contributed by atoms with van der Waals surface area (Å²) < 4.78 is 12.1. The first-order chi connectivity index (χ1) is 12.4. The number of esters is 1. The fourth-order valence-electron chi connectivity index (χ4n) is 8.85. The van der Waals surface area contributed by atoms with E-state index >= 15 is 0 Å². The largest absolute Gasteiger partial charge is 0.462 e. The first-order valence-electron chi connectivity index (χ1n) is 10.5. The topological polar surface area (TPSA) is 72.8 Å². The third-order valence-electron chi connectivity index (χ3n) is 9.37. The highest BCUT2D eigenvalue weighted by Gasteiger charge is 2.77. The molecular weight excluding hydrogens is 344 g/mol. The van der Waals surface area contributed by atoms with E-state index < -0.39 is 23.0 Å². The summed E-state index contributed by atoms with van der Waals surface area (Å²) in [6.07, 6.45) is 3.07. The van der Waals surface area contributed by atoms with Gasteiger partial charge in [0.15, 0.2) is 0 Å². The molecule has 6 rings (SSSR count). The van der Waals surface area contributed by atoms with E-state index in [1.54, 1.807) is 0 Å². The average molecular weight is 376 g/mol. The number of aliphatic hydroxyl groups excluding tert-OH is 1. The van der Waals surface area contributed by atoms with Crippen LogP contribution < -0.4 is 0 Å². The maximum atomic E-state index is 13.6. The SMILES string of the molecule is CC(=O)O[C@H]1C[C@H](O)[C@@]2(C)C3[C@@H]4C[C@@H]5C[C@@]3(CC(=O)[C@@H]2C1(C)C)C[C@]5(C)O4. The van der Waals surface area contributed by atoms with Crippen LogP contribution in [0.4, 0.5) is 0 Å². The maximum absolute atomic E-state index is 13.6. The Morgan fingerprint density at radius 1 is 1.22 bits per heavy atom. The van der Waals surface area contributed by atoms with Gasteiger partial charge in [0.1, 0.15) is 11.9 Å². The zero-order chi connectivity index (χ0) is 19.6. The van der Waals surface area contributed by atoms with Gasteiger partial charge < -0.3 is 14.6 Å². The molecule has 0 amide bonds. The molecule has 4 bridgehead atoms. The summed E-state index contributed by atoms with van der Waals surface area (Å²) in [6, 6.07) is 0. The first kappa shape index (κ1) is 18.1. The molecule has 0 aromatic rings. The lowest BCUT2D eigenvalue weighted by Gasteiger charge is -2.67. The number of ketones is 1. The Labute approximate surface area is 161 Å². The quantitative estimate of drug-likeness (QED) is 0.713. The summed E-state index contributed by atoms with van der Waals surface area (Å²) >= 11 is 0. The summed E-state index contributed by atoms with van der Waals surface area (Å²) in [5.74, 6) is 0.334. The minimum Gasteiger partial charge on any atom is -0.462 e. The molecule has 0 aromatic heterocycles. The monoisotopic (exact) mass is 376 g/mol. The van der Waals surface area contributed by atoms with Crippen molar-refractivity contribution in [2.75, 3.05) is 0 Å². The second kappa shape index (κ2) is 4.96. The van der Waals surface area contributed by atoms with Crippen molar-refractivity contribution < 1.29 is 24.2 Å². The van der Waals surface area contributed by atoms with Crippen LogP contribution in [0.15, 0.2) is 0 Å². The predicted molar refractivity (Wildman–Crippen MR) is 97.7 cm³/mol.